The monoisotopic (exact) mass is 274 g/mol. The van der Waals surface area contributed by atoms with Crippen LogP contribution >= 0.6 is 11.8 Å². The van der Waals surface area contributed by atoms with Crippen molar-refractivity contribution in [2.24, 2.45) is 0 Å². The van der Waals surface area contributed by atoms with Crippen molar-refractivity contribution in [3.8, 4) is 0 Å². The van der Waals surface area contributed by atoms with Gasteiger partial charge in [-0.05, 0) is 25.0 Å². The van der Waals surface area contributed by atoms with Crippen LogP contribution in [0.5, 0.6) is 0 Å². The van der Waals surface area contributed by atoms with E-state index in [-0.39, 0.29) is 5.91 Å². The van der Waals surface area contributed by atoms with E-state index in [1.165, 1.54) is 24.6 Å². The molecule has 2 aromatic rings. The van der Waals surface area contributed by atoms with E-state index in [1.807, 2.05) is 18.2 Å². The number of anilines is 1. The highest BCUT2D eigenvalue weighted by Crippen LogP contribution is 2.39. The van der Waals surface area contributed by atoms with Crippen molar-refractivity contribution < 1.29 is 4.79 Å². The van der Waals surface area contributed by atoms with Gasteiger partial charge in [0.2, 0.25) is 5.91 Å². The van der Waals surface area contributed by atoms with Crippen LogP contribution < -0.4 is 5.32 Å². The topological polar surface area (TPSA) is 70.7 Å². The van der Waals surface area contributed by atoms with E-state index in [4.69, 9.17) is 0 Å². The molecule has 1 amide bonds. The lowest BCUT2D eigenvalue weighted by Gasteiger charge is -2.01. The fourth-order valence-electron chi connectivity index (χ4n) is 1.77. The fraction of sp³-hybridized carbons (Fsp3) is 0.308. The van der Waals surface area contributed by atoms with Crippen molar-refractivity contribution in [1.29, 1.82) is 0 Å². The Hall–Kier alpha value is -1.82. The zero-order valence-corrected chi connectivity index (χ0v) is 11.1. The Morgan fingerprint density at radius 2 is 2.21 bits per heavy atom. The first-order chi connectivity index (χ1) is 9.31. The van der Waals surface area contributed by atoms with Crippen LogP contribution in [-0.4, -0.2) is 26.8 Å². The van der Waals surface area contributed by atoms with Crippen LogP contribution in [0.25, 0.3) is 0 Å². The van der Waals surface area contributed by atoms with Crippen molar-refractivity contribution in [2.75, 3.05) is 11.1 Å². The molecule has 6 heteroatoms. The normalized spacial score (nSPS) is 14.3. The Morgan fingerprint density at radius 1 is 1.42 bits per heavy atom. The molecule has 5 nitrogen and oxygen atoms in total. The Morgan fingerprint density at radius 3 is 2.95 bits per heavy atom. The van der Waals surface area contributed by atoms with Gasteiger partial charge in [-0.3, -0.25) is 14.9 Å². The van der Waals surface area contributed by atoms with Gasteiger partial charge in [-0.1, -0.05) is 0 Å². The second-order valence-corrected chi connectivity index (χ2v) is 5.55. The Labute approximate surface area is 115 Å². The molecule has 19 heavy (non-hydrogen) atoms. The molecule has 3 rings (SSSR count). The third-order valence-electron chi connectivity index (χ3n) is 2.90. The van der Waals surface area contributed by atoms with Crippen molar-refractivity contribution in [3.63, 3.8) is 0 Å². The van der Waals surface area contributed by atoms with Crippen LogP contribution in [0.3, 0.4) is 0 Å². The van der Waals surface area contributed by atoms with Crippen molar-refractivity contribution in [3.05, 3.63) is 36.3 Å². The summed E-state index contributed by atoms with van der Waals surface area (Å²) < 4.78 is 0. The lowest BCUT2D eigenvalue weighted by Crippen LogP contribution is -2.14. The number of rotatable bonds is 5. The first kappa shape index (κ1) is 12.2. The highest BCUT2D eigenvalue weighted by atomic mass is 32.2. The number of nitrogens with one attached hydrogen (secondary N) is 2. The summed E-state index contributed by atoms with van der Waals surface area (Å²) in [4.78, 5) is 16.7. The molecule has 1 saturated carbocycles. The van der Waals surface area contributed by atoms with E-state index >= 15 is 0 Å². The molecule has 2 N–H and O–H groups in total. The number of hydrogen-bond acceptors (Lipinski definition) is 4. The van der Waals surface area contributed by atoms with Gasteiger partial charge in [-0.15, -0.1) is 11.8 Å². The summed E-state index contributed by atoms with van der Waals surface area (Å²) in [5, 5.41) is 9.86. The van der Waals surface area contributed by atoms with Crippen LogP contribution in [0.15, 0.2) is 35.5 Å². The standard InChI is InChI=1S/C13H14N4OS/c18-13(8-19-10-3-5-14-6-4-10)15-12-7-11(16-17-12)9-1-2-9/h3-7,9H,1-2,8H2,(H2,15,16,17,18). The molecule has 1 aliphatic carbocycles. The fourth-order valence-corrected chi connectivity index (χ4v) is 2.45. The minimum absolute atomic E-state index is 0.0457. The molecule has 1 fully saturated rings. The van der Waals surface area contributed by atoms with Gasteiger partial charge in [0.1, 0.15) is 0 Å². The molecular weight excluding hydrogens is 260 g/mol. The number of carbonyl (C=O) groups is 1. The first-order valence-corrected chi connectivity index (χ1v) is 7.18. The number of nitrogens with zero attached hydrogens (tertiary/aromatic N) is 2. The average Bonchev–Trinajstić information content (AvgIpc) is 3.19. The van der Waals surface area contributed by atoms with Gasteiger partial charge in [-0.25, -0.2) is 0 Å². The quantitative estimate of drug-likeness (QED) is 0.821. The van der Waals surface area contributed by atoms with Crippen LogP contribution in [0.2, 0.25) is 0 Å². The molecule has 2 heterocycles. The van der Waals surface area contributed by atoms with Crippen molar-refractivity contribution >= 4 is 23.5 Å². The first-order valence-electron chi connectivity index (χ1n) is 6.19. The molecule has 0 unspecified atom stereocenters. The number of thioether (sulfide) groups is 1. The highest BCUT2D eigenvalue weighted by Gasteiger charge is 2.25. The Bertz CT molecular complexity index is 565. The molecule has 0 aliphatic heterocycles. The molecule has 98 valence electrons. The van der Waals surface area contributed by atoms with Gasteiger partial charge in [0.15, 0.2) is 5.82 Å². The summed E-state index contributed by atoms with van der Waals surface area (Å²) >= 11 is 1.48. The summed E-state index contributed by atoms with van der Waals surface area (Å²) in [5.74, 6) is 1.55. The number of amides is 1. The SMILES string of the molecule is O=C(CSc1ccncc1)Nc1cc(C2CC2)[nH]n1. The third-order valence-corrected chi connectivity index (χ3v) is 3.91. The predicted octanol–water partition coefficient (Wildman–Crippen LogP) is 2.41. The number of aromatic amines is 1. The molecule has 0 spiro atoms. The molecule has 0 bridgehead atoms. The minimum atomic E-state index is -0.0457. The molecule has 2 aromatic heterocycles. The van der Waals surface area contributed by atoms with Gasteiger partial charge < -0.3 is 5.32 Å². The molecule has 0 radical (unpaired) electrons. The Kier molecular flexibility index (Phi) is 3.50. The smallest absolute Gasteiger partial charge is 0.235 e. The van der Waals surface area contributed by atoms with Gasteiger partial charge in [0.25, 0.3) is 0 Å². The Balaban J connectivity index is 1.50. The zero-order chi connectivity index (χ0) is 13.1. The maximum Gasteiger partial charge on any atom is 0.235 e. The molecule has 1 aliphatic rings. The lowest BCUT2D eigenvalue weighted by molar-refractivity contribution is -0.113. The van der Waals surface area contributed by atoms with Gasteiger partial charge in [0, 0.05) is 35.0 Å². The number of carbonyl (C=O) groups excluding carboxylic acids is 1. The summed E-state index contributed by atoms with van der Waals surface area (Å²) in [6.07, 6.45) is 5.87. The largest absolute Gasteiger partial charge is 0.308 e. The highest BCUT2D eigenvalue weighted by molar-refractivity contribution is 8.00. The summed E-state index contributed by atoms with van der Waals surface area (Å²) in [7, 11) is 0. The summed E-state index contributed by atoms with van der Waals surface area (Å²) in [5.41, 5.74) is 1.12. The van der Waals surface area contributed by atoms with Crippen LogP contribution in [0, 0.1) is 0 Å². The van der Waals surface area contributed by atoms with E-state index in [1.54, 1.807) is 12.4 Å². The second kappa shape index (κ2) is 5.44. The predicted molar refractivity (Wildman–Crippen MR) is 74.2 cm³/mol. The van der Waals surface area contributed by atoms with E-state index in [0.717, 1.165) is 10.6 Å². The number of pyridine rings is 1. The lowest BCUT2D eigenvalue weighted by atomic mass is 10.3. The molecule has 0 atom stereocenters. The van der Waals surface area contributed by atoms with Crippen LogP contribution in [0.1, 0.15) is 24.5 Å². The number of hydrogen-bond donors (Lipinski definition) is 2. The van der Waals surface area contributed by atoms with E-state index in [9.17, 15) is 4.79 Å². The third kappa shape index (κ3) is 3.35. The molecular formula is C13H14N4OS. The molecule has 0 saturated heterocycles. The number of aromatic nitrogens is 3. The van der Waals surface area contributed by atoms with Crippen LogP contribution in [0.4, 0.5) is 5.82 Å². The van der Waals surface area contributed by atoms with Crippen molar-refractivity contribution in [2.45, 2.75) is 23.7 Å². The maximum atomic E-state index is 11.8. The van der Waals surface area contributed by atoms with E-state index in [2.05, 4.69) is 20.5 Å². The number of H-pyrrole nitrogens is 1. The van der Waals surface area contributed by atoms with Gasteiger partial charge >= 0.3 is 0 Å². The zero-order valence-electron chi connectivity index (χ0n) is 10.3. The molecule has 0 aromatic carbocycles. The van der Waals surface area contributed by atoms with Gasteiger partial charge in [0.05, 0.1) is 5.75 Å². The van der Waals surface area contributed by atoms with E-state index in [0.29, 0.717) is 17.5 Å². The van der Waals surface area contributed by atoms with E-state index < -0.39 is 0 Å². The second-order valence-electron chi connectivity index (χ2n) is 4.50. The van der Waals surface area contributed by atoms with Crippen LogP contribution in [-0.2, 0) is 4.79 Å². The minimum Gasteiger partial charge on any atom is -0.308 e. The summed E-state index contributed by atoms with van der Waals surface area (Å²) in [6, 6.07) is 5.70. The van der Waals surface area contributed by atoms with Crippen molar-refractivity contribution in [1.82, 2.24) is 15.2 Å². The summed E-state index contributed by atoms with van der Waals surface area (Å²) in [6.45, 7) is 0. The maximum absolute atomic E-state index is 11.8. The average molecular weight is 274 g/mol. The van der Waals surface area contributed by atoms with Gasteiger partial charge in [-0.2, -0.15) is 5.10 Å².